The number of anilines is 1. The SMILES string of the molecule is CCS(=O)(=O)Nc1ccc2nc(SCC(=O)NCc3cccc(C)c3)sc2c1. The van der Waals surface area contributed by atoms with Crippen LogP contribution in [0.25, 0.3) is 10.2 Å². The minimum atomic E-state index is -3.31. The molecule has 0 spiro atoms. The molecule has 1 aromatic heterocycles. The number of aryl methyl sites for hydroxylation is 1. The minimum absolute atomic E-state index is 0.0203. The standard InChI is InChI=1S/C19H21N3O3S3/c1-3-28(24,25)22-15-7-8-16-17(10-15)27-19(21-16)26-12-18(23)20-11-14-6-4-5-13(2)9-14/h4-10,22H,3,11-12H2,1-2H3,(H,20,23). The fraction of sp³-hybridized carbons (Fsp3) is 0.263. The second-order valence-electron chi connectivity index (χ2n) is 6.22. The van der Waals surface area contributed by atoms with Crippen molar-refractivity contribution in [2.24, 2.45) is 0 Å². The molecule has 0 saturated heterocycles. The maximum absolute atomic E-state index is 12.1. The summed E-state index contributed by atoms with van der Waals surface area (Å²) >= 11 is 2.81. The fourth-order valence-corrected chi connectivity index (χ4v) is 5.05. The number of nitrogens with one attached hydrogen (secondary N) is 2. The molecular weight excluding hydrogens is 414 g/mol. The number of thiazole rings is 1. The van der Waals surface area contributed by atoms with Gasteiger partial charge >= 0.3 is 0 Å². The summed E-state index contributed by atoms with van der Waals surface area (Å²) in [5.41, 5.74) is 3.54. The van der Waals surface area contributed by atoms with Gasteiger partial charge in [-0.05, 0) is 37.6 Å². The highest BCUT2D eigenvalue weighted by Crippen LogP contribution is 2.31. The van der Waals surface area contributed by atoms with Crippen LogP contribution in [0, 0.1) is 6.92 Å². The molecule has 0 radical (unpaired) electrons. The molecule has 3 aromatic rings. The molecule has 0 saturated carbocycles. The molecule has 2 N–H and O–H groups in total. The van der Waals surface area contributed by atoms with E-state index in [2.05, 4.69) is 15.0 Å². The van der Waals surface area contributed by atoms with Crippen LogP contribution in [-0.4, -0.2) is 30.8 Å². The molecule has 0 aliphatic rings. The number of fused-ring (bicyclic) bond motifs is 1. The molecule has 1 heterocycles. The lowest BCUT2D eigenvalue weighted by molar-refractivity contribution is -0.118. The molecule has 1 amide bonds. The summed E-state index contributed by atoms with van der Waals surface area (Å²) in [6.07, 6.45) is 0. The number of hydrogen-bond acceptors (Lipinski definition) is 6. The maximum atomic E-state index is 12.1. The molecule has 3 rings (SSSR count). The van der Waals surface area contributed by atoms with E-state index in [1.54, 1.807) is 25.1 Å². The van der Waals surface area contributed by atoms with E-state index in [0.29, 0.717) is 12.2 Å². The molecule has 0 fully saturated rings. The monoisotopic (exact) mass is 435 g/mol. The number of carbonyl (C=O) groups is 1. The second-order valence-corrected chi connectivity index (χ2v) is 10.5. The molecule has 0 unspecified atom stereocenters. The van der Waals surface area contributed by atoms with E-state index in [1.165, 1.54) is 23.1 Å². The quantitative estimate of drug-likeness (QED) is 0.526. The van der Waals surface area contributed by atoms with E-state index >= 15 is 0 Å². The minimum Gasteiger partial charge on any atom is -0.351 e. The van der Waals surface area contributed by atoms with E-state index in [0.717, 1.165) is 25.7 Å². The molecular formula is C19H21N3O3S3. The Morgan fingerprint density at radius 2 is 2.04 bits per heavy atom. The van der Waals surface area contributed by atoms with Gasteiger partial charge in [0.1, 0.15) is 0 Å². The van der Waals surface area contributed by atoms with Gasteiger partial charge in [0.05, 0.1) is 27.4 Å². The van der Waals surface area contributed by atoms with Crippen LogP contribution in [0.2, 0.25) is 0 Å². The third kappa shape index (κ3) is 5.70. The van der Waals surface area contributed by atoms with Crippen molar-refractivity contribution in [2.75, 3.05) is 16.2 Å². The Bertz CT molecular complexity index is 1090. The number of rotatable bonds is 8. The average Bonchev–Trinajstić information content (AvgIpc) is 3.06. The predicted octanol–water partition coefficient (Wildman–Crippen LogP) is 3.77. The Morgan fingerprint density at radius 1 is 1.21 bits per heavy atom. The summed E-state index contributed by atoms with van der Waals surface area (Å²) in [5.74, 6) is 0.245. The van der Waals surface area contributed by atoms with Gasteiger partial charge in [-0.15, -0.1) is 11.3 Å². The van der Waals surface area contributed by atoms with Crippen LogP contribution in [0.15, 0.2) is 46.8 Å². The summed E-state index contributed by atoms with van der Waals surface area (Å²) in [6.45, 7) is 4.11. The number of sulfonamides is 1. The highest BCUT2D eigenvalue weighted by atomic mass is 32.2. The molecule has 9 heteroatoms. The first-order valence-corrected chi connectivity index (χ1v) is 12.2. The van der Waals surface area contributed by atoms with Gasteiger partial charge in [-0.3, -0.25) is 9.52 Å². The van der Waals surface area contributed by atoms with E-state index in [4.69, 9.17) is 0 Å². The van der Waals surface area contributed by atoms with Crippen molar-refractivity contribution >= 4 is 54.9 Å². The molecule has 0 bridgehead atoms. The van der Waals surface area contributed by atoms with Gasteiger partial charge in [-0.25, -0.2) is 13.4 Å². The Hall–Kier alpha value is -2.10. The van der Waals surface area contributed by atoms with Crippen molar-refractivity contribution in [3.8, 4) is 0 Å². The van der Waals surface area contributed by atoms with Crippen LogP contribution in [0.1, 0.15) is 18.1 Å². The van der Waals surface area contributed by atoms with Crippen LogP contribution in [0.5, 0.6) is 0 Å². The van der Waals surface area contributed by atoms with E-state index < -0.39 is 10.0 Å². The predicted molar refractivity (Wildman–Crippen MR) is 116 cm³/mol. The lowest BCUT2D eigenvalue weighted by Crippen LogP contribution is -2.24. The number of aromatic nitrogens is 1. The first-order valence-electron chi connectivity index (χ1n) is 8.71. The van der Waals surface area contributed by atoms with Crippen molar-refractivity contribution in [3.05, 3.63) is 53.6 Å². The van der Waals surface area contributed by atoms with Gasteiger partial charge in [-0.2, -0.15) is 0 Å². The molecule has 28 heavy (non-hydrogen) atoms. The van der Waals surface area contributed by atoms with Gasteiger partial charge < -0.3 is 5.32 Å². The van der Waals surface area contributed by atoms with Crippen LogP contribution in [-0.2, 0) is 21.4 Å². The zero-order valence-corrected chi connectivity index (χ0v) is 18.0. The number of thioether (sulfide) groups is 1. The Morgan fingerprint density at radius 3 is 2.79 bits per heavy atom. The molecule has 2 aromatic carbocycles. The summed E-state index contributed by atoms with van der Waals surface area (Å²) in [5, 5.41) is 2.91. The largest absolute Gasteiger partial charge is 0.351 e. The van der Waals surface area contributed by atoms with Crippen LogP contribution >= 0.6 is 23.1 Å². The topological polar surface area (TPSA) is 88.2 Å². The summed E-state index contributed by atoms with van der Waals surface area (Å²) in [4.78, 5) is 16.6. The third-order valence-corrected chi connectivity index (χ3v) is 7.39. The van der Waals surface area contributed by atoms with Crippen molar-refractivity contribution in [3.63, 3.8) is 0 Å². The highest BCUT2D eigenvalue weighted by Gasteiger charge is 2.11. The zero-order chi connectivity index (χ0) is 20.1. The van der Waals surface area contributed by atoms with Gasteiger partial charge in [0, 0.05) is 6.54 Å². The number of hydrogen-bond donors (Lipinski definition) is 2. The first kappa shape index (κ1) is 20.6. The lowest BCUT2D eigenvalue weighted by Gasteiger charge is -2.05. The van der Waals surface area contributed by atoms with Crippen molar-refractivity contribution < 1.29 is 13.2 Å². The van der Waals surface area contributed by atoms with Crippen LogP contribution in [0.4, 0.5) is 5.69 Å². The van der Waals surface area contributed by atoms with E-state index in [-0.39, 0.29) is 17.4 Å². The third-order valence-electron chi connectivity index (χ3n) is 3.92. The van der Waals surface area contributed by atoms with Crippen molar-refractivity contribution in [1.29, 1.82) is 0 Å². The molecule has 0 aliphatic carbocycles. The van der Waals surface area contributed by atoms with E-state index in [1.807, 2.05) is 31.2 Å². The summed E-state index contributed by atoms with van der Waals surface area (Å²) in [6, 6.07) is 13.3. The number of benzene rings is 2. The molecule has 0 aliphatic heterocycles. The normalized spacial score (nSPS) is 11.5. The maximum Gasteiger partial charge on any atom is 0.232 e. The van der Waals surface area contributed by atoms with Crippen molar-refractivity contribution in [1.82, 2.24) is 10.3 Å². The summed E-state index contributed by atoms with van der Waals surface area (Å²) in [7, 11) is -3.31. The van der Waals surface area contributed by atoms with Gasteiger partial charge in [0.2, 0.25) is 15.9 Å². The average molecular weight is 436 g/mol. The smallest absolute Gasteiger partial charge is 0.232 e. The Labute approximate surface area is 172 Å². The number of amides is 1. The summed E-state index contributed by atoms with van der Waals surface area (Å²) < 4.78 is 27.6. The Kier molecular flexibility index (Phi) is 6.58. The van der Waals surface area contributed by atoms with Gasteiger partial charge in [0.25, 0.3) is 0 Å². The van der Waals surface area contributed by atoms with Crippen molar-refractivity contribution in [2.45, 2.75) is 24.7 Å². The molecule has 148 valence electrons. The molecule has 0 atom stereocenters. The fourth-order valence-electron chi connectivity index (χ4n) is 2.48. The molecule has 6 nitrogen and oxygen atoms in total. The number of carbonyl (C=O) groups excluding carboxylic acids is 1. The van der Waals surface area contributed by atoms with Crippen LogP contribution in [0.3, 0.4) is 0 Å². The van der Waals surface area contributed by atoms with Crippen LogP contribution < -0.4 is 10.0 Å². The first-order chi connectivity index (χ1) is 13.3. The zero-order valence-electron chi connectivity index (χ0n) is 15.6. The van der Waals surface area contributed by atoms with Gasteiger partial charge in [0.15, 0.2) is 4.34 Å². The van der Waals surface area contributed by atoms with Gasteiger partial charge in [-0.1, -0.05) is 41.6 Å². The van der Waals surface area contributed by atoms with E-state index in [9.17, 15) is 13.2 Å². The Balaban J connectivity index is 1.57. The second kappa shape index (κ2) is 8.93. The lowest BCUT2D eigenvalue weighted by atomic mass is 10.1. The highest BCUT2D eigenvalue weighted by molar-refractivity contribution is 8.01. The number of nitrogens with zero attached hydrogens (tertiary/aromatic N) is 1.